The number of aliphatic hydroxyl groups is 2. The van der Waals surface area contributed by atoms with Gasteiger partial charge in [0.15, 0.2) is 0 Å². The molecule has 2 N–H and O–H groups in total. The summed E-state index contributed by atoms with van der Waals surface area (Å²) in [6.07, 6.45) is 10.3. The van der Waals surface area contributed by atoms with Crippen LogP contribution in [0.3, 0.4) is 0 Å². The molecule has 36 heavy (non-hydrogen) atoms. The van der Waals surface area contributed by atoms with E-state index in [0.717, 1.165) is 24.0 Å². The molecular formula is C31H51NO4. The van der Waals surface area contributed by atoms with Gasteiger partial charge in [0.05, 0.1) is 24.7 Å². The zero-order chi connectivity index (χ0) is 26.8. The largest absolute Gasteiger partial charge is 0.393 e. The molecule has 0 aromatic carbocycles. The molecule has 0 aromatic heterocycles. The van der Waals surface area contributed by atoms with Crippen LogP contribution in [0.5, 0.6) is 0 Å². The minimum Gasteiger partial charge on any atom is -0.393 e. The molecule has 0 spiro atoms. The molecule has 204 valence electrons. The van der Waals surface area contributed by atoms with Crippen molar-refractivity contribution in [2.24, 2.45) is 23.2 Å². The van der Waals surface area contributed by atoms with E-state index in [0.29, 0.717) is 37.0 Å². The van der Waals surface area contributed by atoms with Gasteiger partial charge in [0.1, 0.15) is 0 Å². The van der Waals surface area contributed by atoms with Gasteiger partial charge in [-0.15, -0.1) is 0 Å². The summed E-state index contributed by atoms with van der Waals surface area (Å²) < 4.78 is 5.99. The van der Waals surface area contributed by atoms with Crippen LogP contribution < -0.4 is 0 Å². The van der Waals surface area contributed by atoms with Crippen LogP contribution in [0.15, 0.2) is 35.5 Å². The molecule has 1 unspecified atom stereocenters. The second kappa shape index (κ2) is 12.0. The predicted molar refractivity (Wildman–Crippen MR) is 146 cm³/mol. The van der Waals surface area contributed by atoms with E-state index in [-0.39, 0.29) is 29.5 Å². The van der Waals surface area contributed by atoms with Crippen LogP contribution in [0, 0.1) is 23.2 Å². The van der Waals surface area contributed by atoms with E-state index in [2.05, 4.69) is 60.3 Å². The molecule has 3 rings (SSSR count). The van der Waals surface area contributed by atoms with Crippen molar-refractivity contribution in [3.05, 3.63) is 35.5 Å². The van der Waals surface area contributed by atoms with Gasteiger partial charge in [-0.1, -0.05) is 38.2 Å². The highest BCUT2D eigenvalue weighted by atomic mass is 16.5. The number of ether oxygens (including phenoxy) is 1. The first-order valence-electron chi connectivity index (χ1n) is 14.2. The number of hydrogen-bond donors (Lipinski definition) is 2. The maximum atomic E-state index is 13.2. The molecular weight excluding hydrogens is 450 g/mol. The van der Waals surface area contributed by atoms with E-state index in [9.17, 15) is 15.0 Å². The van der Waals surface area contributed by atoms with Gasteiger partial charge in [0.25, 0.3) is 0 Å². The Morgan fingerprint density at radius 3 is 2.44 bits per heavy atom. The van der Waals surface area contributed by atoms with Crippen molar-refractivity contribution in [1.82, 2.24) is 4.90 Å². The number of amides is 1. The maximum absolute atomic E-state index is 13.2. The Kier molecular flexibility index (Phi) is 9.68. The van der Waals surface area contributed by atoms with Crippen molar-refractivity contribution in [1.29, 1.82) is 0 Å². The Morgan fingerprint density at radius 1 is 1.17 bits per heavy atom. The second-order valence-corrected chi connectivity index (χ2v) is 12.5. The average molecular weight is 502 g/mol. The van der Waals surface area contributed by atoms with Crippen LogP contribution in [0.2, 0.25) is 0 Å². The zero-order valence-corrected chi connectivity index (χ0v) is 23.8. The second-order valence-electron chi connectivity index (χ2n) is 12.5. The van der Waals surface area contributed by atoms with Crippen LogP contribution in [0.25, 0.3) is 0 Å². The van der Waals surface area contributed by atoms with Gasteiger partial charge in [-0.2, -0.15) is 0 Å². The van der Waals surface area contributed by atoms with Gasteiger partial charge in [-0.25, -0.2) is 0 Å². The van der Waals surface area contributed by atoms with Crippen LogP contribution in [0.4, 0.5) is 0 Å². The van der Waals surface area contributed by atoms with Crippen LogP contribution in [0.1, 0.15) is 92.9 Å². The molecule has 7 atom stereocenters. The van der Waals surface area contributed by atoms with E-state index < -0.39 is 12.2 Å². The van der Waals surface area contributed by atoms with E-state index >= 15 is 0 Å². The highest BCUT2D eigenvalue weighted by Gasteiger charge is 2.52. The summed E-state index contributed by atoms with van der Waals surface area (Å²) in [7, 11) is 1.76. The number of hydrogen-bond acceptors (Lipinski definition) is 4. The van der Waals surface area contributed by atoms with E-state index in [1.54, 1.807) is 7.11 Å². The quantitative estimate of drug-likeness (QED) is 0.440. The van der Waals surface area contributed by atoms with Crippen molar-refractivity contribution < 1.29 is 19.7 Å². The van der Waals surface area contributed by atoms with Crippen LogP contribution in [-0.4, -0.2) is 58.5 Å². The van der Waals surface area contributed by atoms with Gasteiger partial charge in [0.2, 0.25) is 5.91 Å². The minimum absolute atomic E-state index is 0.0805. The number of fused-ring (bicyclic) bond motifs is 1. The average Bonchev–Trinajstić information content (AvgIpc) is 3.15. The number of allylic oxidation sites excluding steroid dienone is 3. The topological polar surface area (TPSA) is 70.0 Å². The summed E-state index contributed by atoms with van der Waals surface area (Å²) in [5.74, 6) is 1.53. The highest BCUT2D eigenvalue weighted by molar-refractivity contribution is 5.77. The number of carbonyl (C=O) groups is 1. The number of aliphatic hydroxyl groups excluding tert-OH is 2. The molecule has 3 fully saturated rings. The third-order valence-electron chi connectivity index (χ3n) is 9.60. The Hall–Kier alpha value is -1.43. The molecule has 0 radical (unpaired) electrons. The monoisotopic (exact) mass is 501 g/mol. The predicted octanol–water partition coefficient (Wildman–Crippen LogP) is 5.81. The zero-order valence-electron chi connectivity index (χ0n) is 23.8. The molecule has 0 heterocycles. The Labute approximate surface area is 219 Å². The van der Waals surface area contributed by atoms with Crippen LogP contribution in [-0.2, 0) is 9.53 Å². The molecule has 0 bridgehead atoms. The molecule has 3 aliphatic rings. The van der Waals surface area contributed by atoms with Gasteiger partial charge in [0, 0.05) is 25.6 Å². The fourth-order valence-corrected chi connectivity index (χ4v) is 7.80. The van der Waals surface area contributed by atoms with E-state index in [1.165, 1.54) is 24.8 Å². The summed E-state index contributed by atoms with van der Waals surface area (Å²) in [5, 5.41) is 20.3. The summed E-state index contributed by atoms with van der Waals surface area (Å²) >= 11 is 0. The lowest BCUT2D eigenvalue weighted by Gasteiger charge is -2.45. The smallest absolute Gasteiger partial charge is 0.225 e. The SMILES string of the molecule is C=C1/C(=C\C=C2CCC[C@]3(C)[C@@H]([C@H](C)C(CC(=O)N(C(C)C)C(C)C)OC)CC[C@@H]23)C[C@H](O)C[C@H]1O. The highest BCUT2D eigenvalue weighted by Crippen LogP contribution is 2.60. The molecule has 3 saturated carbocycles. The van der Waals surface area contributed by atoms with Crippen molar-refractivity contribution in [3.8, 4) is 0 Å². The molecule has 5 nitrogen and oxygen atoms in total. The standard InChI is InChI=1S/C31H51NO4/c1-19(2)32(20(3)4)30(35)18-29(36-8)22(6)26-13-14-27-23(10-9-15-31(26,27)7)11-12-24-16-25(33)17-28(34)21(24)5/h11-12,19-20,22,25-29,33-34H,5,9-10,13-18H2,1-4,6-8H3/b23-11?,24-12-/t22-,25-,26+,27-,28+,29?,31+/m0/s1. The lowest BCUT2D eigenvalue weighted by atomic mass is 9.60. The first kappa shape index (κ1) is 29.1. The number of rotatable bonds is 8. The van der Waals surface area contributed by atoms with E-state index in [4.69, 9.17) is 4.74 Å². The lowest BCUT2D eigenvalue weighted by Crippen LogP contribution is -2.45. The third-order valence-corrected chi connectivity index (χ3v) is 9.60. The Balaban J connectivity index is 1.77. The fourth-order valence-electron chi connectivity index (χ4n) is 7.80. The summed E-state index contributed by atoms with van der Waals surface area (Å²) in [6, 6.07) is 0.364. The third kappa shape index (κ3) is 6.00. The van der Waals surface area contributed by atoms with Gasteiger partial charge < -0.3 is 19.8 Å². The number of carbonyl (C=O) groups excluding carboxylic acids is 1. The summed E-state index contributed by atoms with van der Waals surface area (Å²) in [6.45, 7) is 17.2. The summed E-state index contributed by atoms with van der Waals surface area (Å²) in [5.41, 5.74) is 3.41. The Bertz CT molecular complexity index is 851. The molecule has 0 aliphatic heterocycles. The van der Waals surface area contributed by atoms with E-state index in [1.807, 2.05) is 4.90 Å². The maximum Gasteiger partial charge on any atom is 0.225 e. The molecule has 0 saturated heterocycles. The normalized spacial score (nSPS) is 34.9. The van der Waals surface area contributed by atoms with Gasteiger partial charge >= 0.3 is 0 Å². The number of methoxy groups -OCH3 is 1. The van der Waals surface area contributed by atoms with Crippen molar-refractivity contribution in [2.75, 3.05) is 7.11 Å². The molecule has 1 amide bonds. The van der Waals surface area contributed by atoms with Crippen molar-refractivity contribution >= 4 is 5.91 Å². The molecule has 5 heteroatoms. The van der Waals surface area contributed by atoms with Crippen molar-refractivity contribution in [3.63, 3.8) is 0 Å². The van der Waals surface area contributed by atoms with Crippen molar-refractivity contribution in [2.45, 2.75) is 123 Å². The van der Waals surface area contributed by atoms with Gasteiger partial charge in [-0.05, 0) is 101 Å². The first-order valence-corrected chi connectivity index (χ1v) is 14.2. The Morgan fingerprint density at radius 2 is 1.83 bits per heavy atom. The lowest BCUT2D eigenvalue weighted by molar-refractivity contribution is -0.139. The van der Waals surface area contributed by atoms with Gasteiger partial charge in [-0.3, -0.25) is 4.79 Å². The fraction of sp³-hybridized carbons (Fsp3) is 0.774. The van der Waals surface area contributed by atoms with Crippen LogP contribution >= 0.6 is 0 Å². The minimum atomic E-state index is -0.650. The molecule has 3 aliphatic carbocycles. The summed E-state index contributed by atoms with van der Waals surface area (Å²) in [4.78, 5) is 15.2. The first-order chi connectivity index (χ1) is 16.9. The number of nitrogens with zero attached hydrogens (tertiary/aromatic N) is 1. The molecule has 0 aromatic rings.